The molecule has 0 radical (unpaired) electrons. The minimum Gasteiger partial charge on any atom is -0.198 e. The topological polar surface area (TPSA) is 23.8 Å². The molecule has 3 rings (SSSR count). The quantitative estimate of drug-likeness (QED) is 0.740. The smallest absolute Gasteiger partial charge is 0.0621 e. The van der Waals surface area contributed by atoms with E-state index >= 15 is 0 Å². The highest BCUT2D eigenvalue weighted by atomic mass is 32.2. The van der Waals surface area contributed by atoms with Crippen molar-refractivity contribution < 1.29 is 0 Å². The van der Waals surface area contributed by atoms with Crippen molar-refractivity contribution in [1.29, 1.82) is 5.26 Å². The second kappa shape index (κ2) is 4.27. The van der Waals surface area contributed by atoms with Crippen LogP contribution < -0.4 is 0 Å². The van der Waals surface area contributed by atoms with Gasteiger partial charge in [0.25, 0.3) is 0 Å². The van der Waals surface area contributed by atoms with Crippen LogP contribution in [0.25, 0.3) is 4.91 Å². The molecule has 2 aliphatic rings. The van der Waals surface area contributed by atoms with Crippen molar-refractivity contribution in [2.24, 2.45) is 0 Å². The van der Waals surface area contributed by atoms with Gasteiger partial charge in [0.1, 0.15) is 0 Å². The lowest BCUT2D eigenvalue weighted by atomic mass is 9.91. The van der Waals surface area contributed by atoms with Crippen LogP contribution in [0.3, 0.4) is 0 Å². The molecule has 0 N–H and O–H groups in total. The van der Waals surface area contributed by atoms with Crippen molar-refractivity contribution in [1.82, 2.24) is 0 Å². The third kappa shape index (κ3) is 1.52. The SMILES string of the molecule is N#CCCCC1C2=C(SCC2)c2sccc21. The molecule has 1 aromatic rings. The molecule has 0 bridgehead atoms. The van der Waals surface area contributed by atoms with Crippen molar-refractivity contribution in [3.63, 3.8) is 0 Å². The van der Waals surface area contributed by atoms with Crippen LogP contribution >= 0.6 is 23.1 Å². The summed E-state index contributed by atoms with van der Waals surface area (Å²) in [5, 5.41) is 10.8. The first kappa shape index (κ1) is 10.4. The Hall–Kier alpha value is -0.720. The predicted octanol–water partition coefficient (Wildman–Crippen LogP) is 4.39. The Labute approximate surface area is 104 Å². The van der Waals surface area contributed by atoms with E-state index in [9.17, 15) is 0 Å². The first-order valence-electron chi connectivity index (χ1n) is 5.72. The molecule has 0 aromatic carbocycles. The molecule has 0 saturated carbocycles. The maximum atomic E-state index is 8.62. The van der Waals surface area contributed by atoms with Crippen LogP contribution in [-0.4, -0.2) is 5.75 Å². The van der Waals surface area contributed by atoms with E-state index < -0.39 is 0 Å². The molecule has 82 valence electrons. The molecule has 0 saturated heterocycles. The summed E-state index contributed by atoms with van der Waals surface area (Å²) in [5.74, 6) is 1.90. The molecule has 1 unspecified atom stereocenters. The van der Waals surface area contributed by atoms with Gasteiger partial charge in [-0.15, -0.1) is 23.1 Å². The van der Waals surface area contributed by atoms with Gasteiger partial charge in [0.2, 0.25) is 0 Å². The number of thiophene rings is 1. The van der Waals surface area contributed by atoms with Gasteiger partial charge in [0, 0.05) is 27.9 Å². The molecular weight excluding hydrogens is 234 g/mol. The average molecular weight is 247 g/mol. The summed E-state index contributed by atoms with van der Waals surface area (Å²) in [4.78, 5) is 3.10. The van der Waals surface area contributed by atoms with E-state index in [1.807, 2.05) is 23.1 Å². The number of hydrogen-bond donors (Lipinski definition) is 0. The maximum absolute atomic E-state index is 8.62. The molecule has 1 aliphatic heterocycles. The van der Waals surface area contributed by atoms with Gasteiger partial charge in [-0.1, -0.05) is 0 Å². The Morgan fingerprint density at radius 3 is 3.31 bits per heavy atom. The molecule has 0 amide bonds. The fraction of sp³-hybridized carbons (Fsp3) is 0.462. The zero-order valence-corrected chi connectivity index (χ0v) is 10.7. The Balaban J connectivity index is 1.86. The van der Waals surface area contributed by atoms with E-state index in [1.165, 1.54) is 17.1 Å². The number of nitriles is 1. The van der Waals surface area contributed by atoms with E-state index in [2.05, 4.69) is 17.5 Å². The minimum atomic E-state index is 0.639. The van der Waals surface area contributed by atoms with Crippen LogP contribution in [-0.2, 0) is 0 Å². The van der Waals surface area contributed by atoms with E-state index in [0.717, 1.165) is 12.8 Å². The lowest BCUT2D eigenvalue weighted by Gasteiger charge is -2.13. The molecule has 1 atom stereocenters. The van der Waals surface area contributed by atoms with Crippen LogP contribution in [0.5, 0.6) is 0 Å². The van der Waals surface area contributed by atoms with E-state index in [-0.39, 0.29) is 0 Å². The Morgan fingerprint density at radius 2 is 2.44 bits per heavy atom. The molecule has 2 heterocycles. The number of allylic oxidation sites excluding steroid dienone is 1. The van der Waals surface area contributed by atoms with Gasteiger partial charge in [-0.3, -0.25) is 0 Å². The van der Waals surface area contributed by atoms with Gasteiger partial charge in [-0.05, 0) is 41.8 Å². The molecule has 16 heavy (non-hydrogen) atoms. The van der Waals surface area contributed by atoms with Crippen LogP contribution in [0.2, 0.25) is 0 Å². The standard InChI is InChI=1S/C13H13NS2/c14-6-2-1-3-9-10-4-7-15-12(10)13-11(9)5-8-16-13/h4,7,9H,1-3,5,8H2. The number of thioether (sulfide) groups is 1. The Morgan fingerprint density at radius 1 is 1.50 bits per heavy atom. The van der Waals surface area contributed by atoms with Gasteiger partial charge in [0.05, 0.1) is 6.07 Å². The highest BCUT2D eigenvalue weighted by Crippen LogP contribution is 2.56. The Kier molecular flexibility index (Phi) is 2.79. The first-order chi connectivity index (χ1) is 7.92. The largest absolute Gasteiger partial charge is 0.198 e. The minimum absolute atomic E-state index is 0.639. The van der Waals surface area contributed by atoms with Crippen molar-refractivity contribution >= 4 is 28.0 Å². The molecule has 1 nitrogen and oxygen atoms in total. The molecule has 3 heteroatoms. The summed E-state index contributed by atoms with van der Waals surface area (Å²) >= 11 is 3.92. The van der Waals surface area contributed by atoms with Gasteiger partial charge < -0.3 is 0 Å². The predicted molar refractivity (Wildman–Crippen MR) is 70.5 cm³/mol. The Bertz CT molecular complexity index is 478. The normalized spacial score (nSPS) is 22.1. The number of hydrogen-bond acceptors (Lipinski definition) is 3. The summed E-state index contributed by atoms with van der Waals surface area (Å²) in [7, 11) is 0. The average Bonchev–Trinajstić information content (AvgIpc) is 2.93. The van der Waals surface area contributed by atoms with E-state index in [4.69, 9.17) is 5.26 Å². The molecule has 1 aromatic heterocycles. The zero-order chi connectivity index (χ0) is 11.0. The highest BCUT2D eigenvalue weighted by molar-refractivity contribution is 8.08. The van der Waals surface area contributed by atoms with E-state index in [1.54, 1.807) is 16.0 Å². The molecule has 0 spiro atoms. The van der Waals surface area contributed by atoms with Crippen molar-refractivity contribution in [2.45, 2.75) is 31.6 Å². The summed E-state index contributed by atoms with van der Waals surface area (Å²) in [5.41, 5.74) is 3.21. The highest BCUT2D eigenvalue weighted by Gasteiger charge is 2.34. The monoisotopic (exact) mass is 247 g/mol. The maximum Gasteiger partial charge on any atom is 0.0621 e. The molecule has 0 fully saturated rings. The summed E-state index contributed by atoms with van der Waals surface area (Å²) in [6.07, 6.45) is 4.17. The van der Waals surface area contributed by atoms with Crippen LogP contribution in [0, 0.1) is 11.3 Å². The number of rotatable bonds is 3. The van der Waals surface area contributed by atoms with Crippen LogP contribution in [0.15, 0.2) is 17.0 Å². The van der Waals surface area contributed by atoms with Gasteiger partial charge >= 0.3 is 0 Å². The van der Waals surface area contributed by atoms with Crippen molar-refractivity contribution in [3.8, 4) is 6.07 Å². The van der Waals surface area contributed by atoms with E-state index in [0.29, 0.717) is 12.3 Å². The lowest BCUT2D eigenvalue weighted by molar-refractivity contribution is 0.661. The summed E-state index contributed by atoms with van der Waals surface area (Å²) < 4.78 is 0. The lowest BCUT2D eigenvalue weighted by Crippen LogP contribution is -1.98. The van der Waals surface area contributed by atoms with Gasteiger partial charge in [-0.25, -0.2) is 0 Å². The molecule has 1 aliphatic carbocycles. The number of nitrogens with zero attached hydrogens (tertiary/aromatic N) is 1. The molecular formula is C13H13NS2. The summed E-state index contributed by atoms with van der Waals surface area (Å²) in [6.45, 7) is 0. The number of fused-ring (bicyclic) bond motifs is 2. The van der Waals surface area contributed by atoms with Gasteiger partial charge in [0.15, 0.2) is 0 Å². The van der Waals surface area contributed by atoms with Crippen LogP contribution in [0.4, 0.5) is 0 Å². The third-order valence-corrected chi connectivity index (χ3v) is 5.63. The van der Waals surface area contributed by atoms with Gasteiger partial charge in [-0.2, -0.15) is 5.26 Å². The van der Waals surface area contributed by atoms with Crippen molar-refractivity contribution in [2.75, 3.05) is 5.75 Å². The summed E-state index contributed by atoms with van der Waals surface area (Å²) in [6, 6.07) is 4.54. The second-order valence-corrected chi connectivity index (χ2v) is 6.28. The third-order valence-electron chi connectivity index (χ3n) is 3.39. The second-order valence-electron chi connectivity index (χ2n) is 4.26. The van der Waals surface area contributed by atoms with Crippen LogP contribution in [0.1, 0.15) is 42.0 Å². The fourth-order valence-corrected chi connectivity index (χ4v) is 5.16. The fourth-order valence-electron chi connectivity index (χ4n) is 2.69. The zero-order valence-electron chi connectivity index (χ0n) is 9.03. The number of unbranched alkanes of at least 4 members (excludes halogenated alkanes) is 1. The van der Waals surface area contributed by atoms with Crippen molar-refractivity contribution in [3.05, 3.63) is 27.5 Å². The first-order valence-corrected chi connectivity index (χ1v) is 7.59.